The number of aromatic nitrogens is 1. The van der Waals surface area contributed by atoms with E-state index in [1.54, 1.807) is 7.11 Å². The number of hydrogen-bond donors (Lipinski definition) is 1. The number of carboxylic acid groups (broad SMARTS) is 1. The number of rotatable bonds is 5. The topological polar surface area (TPSA) is 68.7 Å². The normalized spacial score (nSPS) is 22.9. The second-order valence-electron chi connectivity index (χ2n) is 9.47. The molecule has 0 unspecified atom stereocenters. The van der Waals surface area contributed by atoms with E-state index in [4.69, 9.17) is 9.47 Å². The molecular weight excluding hydrogens is 414 g/mol. The van der Waals surface area contributed by atoms with Gasteiger partial charge in [0.15, 0.2) is 11.5 Å². The molecule has 5 nitrogen and oxygen atoms in total. The fraction of sp³-hybridized carbons (Fsp3) is 0.500. The molecule has 0 atom stereocenters. The van der Waals surface area contributed by atoms with E-state index in [1.165, 1.54) is 12.8 Å². The van der Waals surface area contributed by atoms with Gasteiger partial charge in [-0.15, -0.1) is 0 Å². The Kier molecular flexibility index (Phi) is 6.93. The lowest BCUT2D eigenvalue weighted by molar-refractivity contribution is -0.143. The van der Waals surface area contributed by atoms with Crippen molar-refractivity contribution in [2.24, 2.45) is 5.92 Å². The largest absolute Gasteiger partial charge is 0.493 e. The van der Waals surface area contributed by atoms with Crippen LogP contribution in [0.5, 0.6) is 11.5 Å². The van der Waals surface area contributed by atoms with E-state index in [9.17, 15) is 9.90 Å². The third kappa shape index (κ3) is 5.33. The predicted molar refractivity (Wildman–Crippen MR) is 128 cm³/mol. The Bertz CT molecular complexity index is 1050. The Balaban J connectivity index is 1.72. The first-order chi connectivity index (χ1) is 15.9. The van der Waals surface area contributed by atoms with Crippen LogP contribution in [0.25, 0.3) is 0 Å². The van der Waals surface area contributed by atoms with E-state index in [1.807, 2.05) is 32.0 Å². The predicted octanol–water partition coefficient (Wildman–Crippen LogP) is 5.59. The zero-order valence-corrected chi connectivity index (χ0v) is 19.8. The van der Waals surface area contributed by atoms with Gasteiger partial charge in [-0.2, -0.15) is 0 Å². The average molecular weight is 448 g/mol. The zero-order chi connectivity index (χ0) is 23.4. The lowest BCUT2D eigenvalue weighted by atomic mass is 9.67. The molecule has 1 N–H and O–H groups in total. The molecule has 33 heavy (non-hydrogen) atoms. The fourth-order valence-electron chi connectivity index (χ4n) is 5.19. The highest BCUT2D eigenvalue weighted by molar-refractivity contribution is 5.70. The van der Waals surface area contributed by atoms with Crippen molar-refractivity contribution in [2.45, 2.75) is 76.7 Å². The number of carbonyl (C=O) groups is 1. The zero-order valence-electron chi connectivity index (χ0n) is 19.8. The van der Waals surface area contributed by atoms with Crippen molar-refractivity contribution in [2.75, 3.05) is 7.11 Å². The monoisotopic (exact) mass is 447 g/mol. The molecule has 2 fully saturated rings. The number of aryl methyl sites for hydroxylation is 2. The van der Waals surface area contributed by atoms with Gasteiger partial charge in [0.25, 0.3) is 0 Å². The van der Waals surface area contributed by atoms with Gasteiger partial charge in [-0.25, -0.2) is 0 Å². The first kappa shape index (κ1) is 23.2. The van der Waals surface area contributed by atoms with Gasteiger partial charge in [-0.3, -0.25) is 9.78 Å². The Morgan fingerprint density at radius 2 is 1.70 bits per heavy atom. The molecule has 174 valence electrons. The van der Waals surface area contributed by atoms with Crippen LogP contribution in [-0.4, -0.2) is 29.3 Å². The molecule has 2 saturated carbocycles. The van der Waals surface area contributed by atoms with Crippen LogP contribution in [0.3, 0.4) is 0 Å². The molecule has 5 heteroatoms. The van der Waals surface area contributed by atoms with Crippen LogP contribution in [-0.2, 0) is 10.2 Å². The number of carboxylic acids is 1. The summed E-state index contributed by atoms with van der Waals surface area (Å²) < 4.78 is 11.9. The minimum Gasteiger partial charge on any atom is -0.493 e. The standard InChI is InChI=1S/C28H33NO4/c1-19-16-21(17-20(2)29-19)10-13-28(14-11-22(12-15-28)27(30)31)23-8-9-25(32-3)26(18-23)33-24-6-4-5-7-24/h8-9,16-18,22,24H,4-7,11-12,14-15H2,1-3H3,(H,30,31)/t22-,28-. The lowest BCUT2D eigenvalue weighted by Gasteiger charge is -2.36. The Morgan fingerprint density at radius 1 is 1.03 bits per heavy atom. The molecule has 2 aliphatic carbocycles. The molecule has 4 rings (SSSR count). The number of benzene rings is 1. The summed E-state index contributed by atoms with van der Waals surface area (Å²) in [5.74, 6) is 7.44. The first-order valence-electron chi connectivity index (χ1n) is 11.9. The molecule has 0 radical (unpaired) electrons. The van der Waals surface area contributed by atoms with Gasteiger partial charge in [0.05, 0.1) is 24.5 Å². The van der Waals surface area contributed by atoms with Crippen molar-refractivity contribution < 1.29 is 19.4 Å². The summed E-state index contributed by atoms with van der Waals surface area (Å²) >= 11 is 0. The first-order valence-corrected chi connectivity index (χ1v) is 11.9. The van der Waals surface area contributed by atoms with Crippen molar-refractivity contribution in [1.82, 2.24) is 4.98 Å². The van der Waals surface area contributed by atoms with Gasteiger partial charge < -0.3 is 14.6 Å². The third-order valence-electron chi connectivity index (χ3n) is 7.03. The van der Waals surface area contributed by atoms with Gasteiger partial charge in [-0.05, 0) is 95.0 Å². The maximum Gasteiger partial charge on any atom is 0.306 e. The van der Waals surface area contributed by atoms with E-state index in [0.29, 0.717) is 25.7 Å². The van der Waals surface area contributed by atoms with Gasteiger partial charge in [0.1, 0.15) is 0 Å². The van der Waals surface area contributed by atoms with Gasteiger partial charge in [0.2, 0.25) is 0 Å². The van der Waals surface area contributed by atoms with Crippen molar-refractivity contribution in [3.05, 3.63) is 52.8 Å². The van der Waals surface area contributed by atoms with Crippen molar-refractivity contribution >= 4 is 5.97 Å². The smallest absolute Gasteiger partial charge is 0.306 e. The number of nitrogens with zero attached hydrogens (tertiary/aromatic N) is 1. The highest BCUT2D eigenvalue weighted by atomic mass is 16.5. The summed E-state index contributed by atoms with van der Waals surface area (Å²) in [6, 6.07) is 10.1. The summed E-state index contributed by atoms with van der Waals surface area (Å²) in [7, 11) is 1.66. The molecule has 0 saturated heterocycles. The minimum absolute atomic E-state index is 0.224. The van der Waals surface area contributed by atoms with Gasteiger partial charge in [0, 0.05) is 17.0 Å². The number of pyridine rings is 1. The maximum atomic E-state index is 11.6. The third-order valence-corrected chi connectivity index (χ3v) is 7.03. The van der Waals surface area contributed by atoms with Crippen LogP contribution >= 0.6 is 0 Å². The molecule has 0 amide bonds. The number of ether oxygens (including phenoxy) is 2. The minimum atomic E-state index is -0.711. The maximum absolute atomic E-state index is 11.6. The van der Waals surface area contributed by atoms with Crippen LogP contribution in [0.15, 0.2) is 30.3 Å². The molecule has 2 aromatic rings. The highest BCUT2D eigenvalue weighted by Gasteiger charge is 2.38. The second-order valence-corrected chi connectivity index (χ2v) is 9.47. The van der Waals surface area contributed by atoms with Crippen LogP contribution in [0.1, 0.15) is 73.9 Å². The van der Waals surface area contributed by atoms with Crippen molar-refractivity contribution in [3.63, 3.8) is 0 Å². The Hall–Kier alpha value is -3.00. The highest BCUT2D eigenvalue weighted by Crippen LogP contribution is 2.44. The molecule has 1 heterocycles. The Labute approximate surface area is 196 Å². The number of hydrogen-bond acceptors (Lipinski definition) is 4. The van der Waals surface area contributed by atoms with Crippen LogP contribution < -0.4 is 9.47 Å². The second kappa shape index (κ2) is 9.87. The summed E-state index contributed by atoms with van der Waals surface area (Å²) in [4.78, 5) is 16.1. The number of methoxy groups -OCH3 is 1. The van der Waals surface area contributed by atoms with Crippen LogP contribution in [0, 0.1) is 31.6 Å². The van der Waals surface area contributed by atoms with Gasteiger partial charge in [-0.1, -0.05) is 17.9 Å². The van der Waals surface area contributed by atoms with E-state index in [0.717, 1.165) is 46.9 Å². The van der Waals surface area contributed by atoms with E-state index >= 15 is 0 Å². The molecule has 0 bridgehead atoms. The molecular formula is C28H33NO4. The van der Waals surface area contributed by atoms with Crippen LogP contribution in [0.2, 0.25) is 0 Å². The summed E-state index contributed by atoms with van der Waals surface area (Å²) in [5.41, 5.74) is 3.49. The number of aliphatic carboxylic acids is 1. The SMILES string of the molecule is COc1ccc([C@]2(C#Cc3cc(C)nc(C)c3)CC[C@@H](C(=O)O)CC2)cc1OC1CCCC1. The fourth-order valence-corrected chi connectivity index (χ4v) is 5.19. The van der Waals surface area contributed by atoms with E-state index in [2.05, 4.69) is 29.0 Å². The van der Waals surface area contributed by atoms with Gasteiger partial charge >= 0.3 is 5.97 Å². The summed E-state index contributed by atoms with van der Waals surface area (Å²) in [5, 5.41) is 9.54. The molecule has 0 spiro atoms. The van der Waals surface area contributed by atoms with Crippen molar-refractivity contribution in [3.8, 4) is 23.3 Å². The Morgan fingerprint density at radius 3 is 2.30 bits per heavy atom. The average Bonchev–Trinajstić information content (AvgIpc) is 3.30. The molecule has 2 aliphatic rings. The summed E-state index contributed by atoms with van der Waals surface area (Å²) in [6.45, 7) is 3.95. The lowest BCUT2D eigenvalue weighted by Crippen LogP contribution is -2.33. The van der Waals surface area contributed by atoms with Crippen molar-refractivity contribution in [1.29, 1.82) is 0 Å². The van der Waals surface area contributed by atoms with E-state index < -0.39 is 11.4 Å². The molecule has 0 aliphatic heterocycles. The molecule has 1 aromatic heterocycles. The quantitative estimate of drug-likeness (QED) is 0.605. The van der Waals surface area contributed by atoms with E-state index in [-0.39, 0.29) is 12.0 Å². The van der Waals surface area contributed by atoms with Crippen LogP contribution in [0.4, 0.5) is 0 Å². The summed E-state index contributed by atoms with van der Waals surface area (Å²) in [6.07, 6.45) is 7.39. The molecule has 1 aromatic carbocycles.